The van der Waals surface area contributed by atoms with E-state index in [1.165, 1.54) is 53.4 Å². The number of non-ortho nitro benzene ring substituents is 1. The quantitative estimate of drug-likeness (QED) is 0.269. The van der Waals surface area contributed by atoms with E-state index in [1.54, 1.807) is 6.92 Å². The van der Waals surface area contributed by atoms with Gasteiger partial charge in [0, 0.05) is 37.5 Å². The van der Waals surface area contributed by atoms with Crippen LogP contribution in [0.1, 0.15) is 24.1 Å². The van der Waals surface area contributed by atoms with Crippen molar-refractivity contribution in [2.45, 2.75) is 19.6 Å². The van der Waals surface area contributed by atoms with E-state index in [-0.39, 0.29) is 36.6 Å². The number of rotatable bonds is 8. The summed E-state index contributed by atoms with van der Waals surface area (Å²) < 4.78 is 5.06. The Hall–Kier alpha value is -5.01. The second kappa shape index (κ2) is 11.6. The number of nitrogens with one attached hydrogen (secondary N) is 2. The molecule has 1 atom stereocenters. The number of hydrogen-bond donors (Lipinski definition) is 3. The molecule has 1 unspecified atom stereocenters. The lowest BCUT2D eigenvalue weighted by molar-refractivity contribution is -0.384. The number of piperazine rings is 1. The molecule has 5 amide bonds. The summed E-state index contributed by atoms with van der Waals surface area (Å²) >= 11 is 0. The van der Waals surface area contributed by atoms with Gasteiger partial charge >= 0.3 is 29.9 Å². The number of nitro benzene ring substituents is 1. The molecule has 0 aliphatic carbocycles. The Morgan fingerprint density at radius 2 is 1.70 bits per heavy atom. The molecule has 1 saturated heterocycles. The summed E-state index contributed by atoms with van der Waals surface area (Å²) in [6, 6.07) is 8.42. The van der Waals surface area contributed by atoms with Crippen molar-refractivity contribution in [2.75, 3.05) is 25.0 Å². The van der Waals surface area contributed by atoms with Gasteiger partial charge in [0.1, 0.15) is 6.61 Å². The number of carboxylic acid groups (broad SMARTS) is 1. The Kier molecular flexibility index (Phi) is 8.35. The molecule has 194 valence electrons. The highest BCUT2D eigenvalue weighted by molar-refractivity contribution is 6.38. The van der Waals surface area contributed by atoms with Crippen molar-refractivity contribution in [1.82, 2.24) is 15.1 Å². The molecule has 0 aromatic heterocycles. The molecule has 1 aliphatic rings. The molecule has 1 heterocycles. The third-order valence-electron chi connectivity index (χ3n) is 5.46. The molecule has 0 saturated carbocycles. The molecule has 2 aromatic rings. The summed E-state index contributed by atoms with van der Waals surface area (Å²) in [4.78, 5) is 72.7. The Bertz CT molecular complexity index is 1210. The number of hydrogen-bond acceptors (Lipinski definition) is 8. The van der Waals surface area contributed by atoms with Crippen molar-refractivity contribution < 1.29 is 38.7 Å². The van der Waals surface area contributed by atoms with E-state index in [9.17, 15) is 39.2 Å². The van der Waals surface area contributed by atoms with Gasteiger partial charge in [-0.25, -0.2) is 14.4 Å². The van der Waals surface area contributed by atoms with Gasteiger partial charge in [-0.3, -0.25) is 29.9 Å². The summed E-state index contributed by atoms with van der Waals surface area (Å²) in [5.41, 5.74) is 0.858. The van der Waals surface area contributed by atoms with Crippen LogP contribution >= 0.6 is 0 Å². The lowest BCUT2D eigenvalue weighted by Crippen LogP contribution is -2.58. The van der Waals surface area contributed by atoms with Gasteiger partial charge in [-0.2, -0.15) is 0 Å². The SMILES string of the molecule is CCN1CCN(C(=O)NC(C(=O)O)c2ccc(NC(=O)OCc3ccc([N+](=O)[O-])cc3)cc2)C(=O)C1=O. The Balaban J connectivity index is 1.57. The number of anilines is 1. The van der Waals surface area contributed by atoms with Gasteiger partial charge in [-0.15, -0.1) is 0 Å². The van der Waals surface area contributed by atoms with E-state index in [4.69, 9.17) is 4.74 Å². The number of benzene rings is 2. The van der Waals surface area contributed by atoms with Crippen LogP contribution in [0.15, 0.2) is 48.5 Å². The second-order valence-electron chi connectivity index (χ2n) is 7.81. The first kappa shape index (κ1) is 26.6. The van der Waals surface area contributed by atoms with Crippen LogP contribution < -0.4 is 10.6 Å². The summed E-state index contributed by atoms with van der Waals surface area (Å²) in [6.45, 7) is 1.94. The highest BCUT2D eigenvalue weighted by Crippen LogP contribution is 2.19. The molecule has 2 aromatic carbocycles. The van der Waals surface area contributed by atoms with Crippen molar-refractivity contribution in [3.63, 3.8) is 0 Å². The average Bonchev–Trinajstić information content (AvgIpc) is 2.88. The Morgan fingerprint density at radius 1 is 1.05 bits per heavy atom. The summed E-state index contributed by atoms with van der Waals surface area (Å²) in [7, 11) is 0. The fraction of sp³-hybridized carbons (Fsp3) is 0.261. The van der Waals surface area contributed by atoms with Crippen LogP contribution in [0.2, 0.25) is 0 Å². The van der Waals surface area contributed by atoms with Crippen LogP contribution in [-0.4, -0.2) is 69.4 Å². The molecule has 3 rings (SSSR count). The molecular formula is C23H23N5O9. The van der Waals surface area contributed by atoms with E-state index >= 15 is 0 Å². The van der Waals surface area contributed by atoms with Gasteiger partial charge in [-0.1, -0.05) is 12.1 Å². The standard InChI is InChI=1S/C23H23N5O9/c1-2-26-11-12-27(20(30)19(26)29)22(33)25-18(21(31)32)15-5-7-16(8-6-15)24-23(34)37-13-14-3-9-17(10-4-14)28(35)36/h3-10,18H,2,11-13H2,1H3,(H,24,34)(H,25,33)(H,31,32). The second-order valence-corrected chi connectivity index (χ2v) is 7.81. The van der Waals surface area contributed by atoms with Gasteiger partial charge < -0.3 is 20.1 Å². The molecule has 1 aliphatic heterocycles. The van der Waals surface area contributed by atoms with E-state index in [2.05, 4.69) is 10.6 Å². The molecule has 0 radical (unpaired) electrons. The van der Waals surface area contributed by atoms with Crippen molar-refractivity contribution in [1.29, 1.82) is 0 Å². The molecule has 14 nitrogen and oxygen atoms in total. The van der Waals surface area contributed by atoms with Gasteiger partial charge in [0.05, 0.1) is 4.92 Å². The average molecular weight is 513 g/mol. The van der Waals surface area contributed by atoms with Crippen LogP contribution in [0, 0.1) is 10.1 Å². The predicted octanol–water partition coefficient (Wildman–Crippen LogP) is 1.87. The number of carboxylic acids is 1. The minimum Gasteiger partial charge on any atom is -0.479 e. The van der Waals surface area contributed by atoms with Crippen molar-refractivity contribution in [2.24, 2.45) is 0 Å². The maximum atomic E-state index is 12.5. The fourth-order valence-corrected chi connectivity index (χ4v) is 3.43. The zero-order valence-electron chi connectivity index (χ0n) is 19.6. The van der Waals surface area contributed by atoms with Crippen molar-refractivity contribution in [3.05, 3.63) is 69.8 Å². The summed E-state index contributed by atoms with van der Waals surface area (Å²) in [6.07, 6.45) is -0.816. The van der Waals surface area contributed by atoms with Gasteiger partial charge in [0.25, 0.3) is 5.69 Å². The number of ether oxygens (including phenoxy) is 1. The number of carbonyl (C=O) groups is 5. The number of carbonyl (C=O) groups excluding carboxylic acids is 4. The van der Waals surface area contributed by atoms with Gasteiger partial charge in [-0.05, 0) is 42.3 Å². The number of likely N-dealkylation sites (N-methyl/N-ethyl adjacent to an activating group) is 1. The van der Waals surface area contributed by atoms with Crippen LogP contribution in [0.25, 0.3) is 0 Å². The highest BCUT2D eigenvalue weighted by atomic mass is 16.6. The van der Waals surface area contributed by atoms with E-state index < -0.39 is 40.9 Å². The molecule has 0 bridgehead atoms. The minimum atomic E-state index is -1.53. The fourth-order valence-electron chi connectivity index (χ4n) is 3.43. The van der Waals surface area contributed by atoms with Gasteiger partial charge in [0.15, 0.2) is 6.04 Å². The normalized spacial score (nSPS) is 14.1. The lowest BCUT2D eigenvalue weighted by Gasteiger charge is -2.32. The first-order valence-corrected chi connectivity index (χ1v) is 11.0. The monoisotopic (exact) mass is 513 g/mol. The molecule has 3 N–H and O–H groups in total. The van der Waals surface area contributed by atoms with E-state index in [0.29, 0.717) is 17.0 Å². The molecular weight excluding hydrogens is 490 g/mol. The maximum absolute atomic E-state index is 12.5. The number of imide groups is 1. The van der Waals surface area contributed by atoms with E-state index in [1.807, 2.05) is 0 Å². The Labute approximate surface area is 209 Å². The van der Waals surface area contributed by atoms with E-state index in [0.717, 1.165) is 0 Å². The third-order valence-corrected chi connectivity index (χ3v) is 5.46. The number of nitro groups is 1. The molecule has 37 heavy (non-hydrogen) atoms. The molecule has 0 spiro atoms. The highest BCUT2D eigenvalue weighted by Gasteiger charge is 2.37. The molecule has 14 heteroatoms. The summed E-state index contributed by atoms with van der Waals surface area (Å²) in [5, 5.41) is 25.0. The largest absolute Gasteiger partial charge is 0.479 e. The maximum Gasteiger partial charge on any atom is 0.411 e. The lowest BCUT2D eigenvalue weighted by atomic mass is 10.1. The minimum absolute atomic E-state index is 0.0680. The van der Waals surface area contributed by atoms with Crippen LogP contribution in [0.4, 0.5) is 21.0 Å². The van der Waals surface area contributed by atoms with Crippen LogP contribution in [-0.2, 0) is 25.7 Å². The number of urea groups is 1. The Morgan fingerprint density at radius 3 is 2.27 bits per heavy atom. The third kappa shape index (κ3) is 6.56. The topological polar surface area (TPSA) is 188 Å². The smallest absolute Gasteiger partial charge is 0.411 e. The number of amides is 5. The van der Waals surface area contributed by atoms with Crippen molar-refractivity contribution in [3.8, 4) is 0 Å². The number of aliphatic carboxylic acids is 1. The van der Waals surface area contributed by atoms with Crippen LogP contribution in [0.3, 0.4) is 0 Å². The van der Waals surface area contributed by atoms with Crippen molar-refractivity contribution >= 4 is 41.3 Å². The first-order chi connectivity index (χ1) is 17.6. The predicted molar refractivity (Wildman–Crippen MR) is 126 cm³/mol. The zero-order chi connectivity index (χ0) is 27.1. The number of nitrogens with zero attached hydrogens (tertiary/aromatic N) is 3. The summed E-state index contributed by atoms with van der Waals surface area (Å²) in [5.74, 6) is -3.28. The van der Waals surface area contributed by atoms with Gasteiger partial charge in [0.2, 0.25) is 0 Å². The zero-order valence-corrected chi connectivity index (χ0v) is 19.6. The first-order valence-electron chi connectivity index (χ1n) is 11.0. The van der Waals surface area contributed by atoms with Crippen LogP contribution in [0.5, 0.6) is 0 Å². The molecule has 1 fully saturated rings.